The van der Waals surface area contributed by atoms with Crippen LogP contribution in [0.5, 0.6) is 0 Å². The van der Waals surface area contributed by atoms with Crippen molar-refractivity contribution in [1.29, 1.82) is 5.41 Å². The van der Waals surface area contributed by atoms with Gasteiger partial charge >= 0.3 is 0 Å². The first-order chi connectivity index (χ1) is 12.3. The van der Waals surface area contributed by atoms with Crippen molar-refractivity contribution >= 4 is 16.6 Å². The molecule has 0 atom stereocenters. The van der Waals surface area contributed by atoms with Gasteiger partial charge in [-0.15, -0.1) is 0 Å². The number of hydrogen-bond donors (Lipinski definition) is 2. The van der Waals surface area contributed by atoms with Gasteiger partial charge in [0.2, 0.25) is 0 Å². The molecule has 25 heavy (non-hydrogen) atoms. The Morgan fingerprint density at radius 1 is 1.20 bits per heavy atom. The lowest BCUT2D eigenvalue weighted by atomic mass is 9.90. The van der Waals surface area contributed by atoms with Crippen LogP contribution in [-0.4, -0.2) is 23.4 Å². The minimum Gasteiger partial charge on any atom is -0.345 e. The maximum absolute atomic E-state index is 8.59. The van der Waals surface area contributed by atoms with E-state index in [4.69, 9.17) is 5.41 Å². The third-order valence-electron chi connectivity index (χ3n) is 6.30. The number of rotatable bonds is 5. The molecule has 1 aliphatic heterocycles. The van der Waals surface area contributed by atoms with Gasteiger partial charge in [0.25, 0.3) is 0 Å². The topological polar surface area (TPSA) is 40.8 Å². The summed E-state index contributed by atoms with van der Waals surface area (Å²) >= 11 is 0. The van der Waals surface area contributed by atoms with Crippen molar-refractivity contribution in [2.45, 2.75) is 64.8 Å². The average Bonchev–Trinajstić information content (AvgIpc) is 3.00. The Labute approximate surface area is 151 Å². The number of benzene rings is 1. The maximum atomic E-state index is 8.59. The molecule has 1 aromatic heterocycles. The summed E-state index contributed by atoms with van der Waals surface area (Å²) in [5.74, 6) is 0.805. The van der Waals surface area contributed by atoms with Crippen LogP contribution in [0.15, 0.2) is 18.2 Å². The van der Waals surface area contributed by atoms with Crippen molar-refractivity contribution in [3.8, 4) is 0 Å². The van der Waals surface area contributed by atoms with Gasteiger partial charge < -0.3 is 15.3 Å². The van der Waals surface area contributed by atoms with E-state index in [0.717, 1.165) is 43.2 Å². The third kappa shape index (κ3) is 3.27. The van der Waals surface area contributed by atoms with Crippen molar-refractivity contribution in [3.63, 3.8) is 0 Å². The van der Waals surface area contributed by atoms with E-state index < -0.39 is 0 Å². The first-order valence-electron chi connectivity index (χ1n) is 10.2. The number of piperidine rings is 1. The monoisotopic (exact) mass is 337 g/mol. The molecule has 0 spiro atoms. The van der Waals surface area contributed by atoms with Gasteiger partial charge in [0, 0.05) is 28.9 Å². The normalized spacial score (nSPS) is 18.4. The molecule has 1 saturated heterocycles. The Hall–Kier alpha value is -1.61. The molecule has 2 N–H and O–H groups in total. The third-order valence-corrected chi connectivity index (χ3v) is 6.30. The molecule has 134 valence electrons. The summed E-state index contributed by atoms with van der Waals surface area (Å²) in [6, 6.07) is 6.77. The van der Waals surface area contributed by atoms with E-state index in [0.29, 0.717) is 0 Å². The molecule has 0 bridgehead atoms. The lowest BCUT2D eigenvalue weighted by molar-refractivity contribution is 0.359. The van der Waals surface area contributed by atoms with Crippen LogP contribution < -0.4 is 5.32 Å². The minimum absolute atomic E-state index is 0.805. The van der Waals surface area contributed by atoms with Gasteiger partial charge in [0.15, 0.2) is 0 Å². The second-order valence-electron chi connectivity index (χ2n) is 7.82. The van der Waals surface area contributed by atoms with Gasteiger partial charge in [-0.05, 0) is 101 Å². The molecule has 3 nitrogen and oxygen atoms in total. The standard InChI is InChI=1S/C22H31N3/c1-2-25-21-6-4-3-5-18(21)19-15-17(8-10-22(19)25)20(23)9-7-16-11-13-24-14-12-16/h8,10,15-16,23-24H,2-7,9,11-14H2,1H3. The summed E-state index contributed by atoms with van der Waals surface area (Å²) in [5, 5.41) is 13.4. The fourth-order valence-corrected chi connectivity index (χ4v) is 4.85. The van der Waals surface area contributed by atoms with E-state index in [1.807, 2.05) is 0 Å². The van der Waals surface area contributed by atoms with Gasteiger partial charge in [-0.2, -0.15) is 0 Å². The molecule has 0 amide bonds. The van der Waals surface area contributed by atoms with Gasteiger partial charge in [-0.3, -0.25) is 0 Å². The van der Waals surface area contributed by atoms with Crippen molar-refractivity contribution in [1.82, 2.24) is 9.88 Å². The van der Waals surface area contributed by atoms with Crippen LogP contribution in [0.25, 0.3) is 10.9 Å². The van der Waals surface area contributed by atoms with Crippen LogP contribution in [0.1, 0.15) is 62.3 Å². The summed E-state index contributed by atoms with van der Waals surface area (Å²) in [4.78, 5) is 0. The molecular formula is C22H31N3. The van der Waals surface area contributed by atoms with E-state index >= 15 is 0 Å². The molecule has 2 aliphatic rings. The zero-order valence-electron chi connectivity index (χ0n) is 15.5. The van der Waals surface area contributed by atoms with Crippen molar-refractivity contribution in [2.24, 2.45) is 5.92 Å². The minimum atomic E-state index is 0.805. The van der Waals surface area contributed by atoms with Crippen LogP contribution in [0, 0.1) is 11.3 Å². The lowest BCUT2D eigenvalue weighted by Gasteiger charge is -2.22. The highest BCUT2D eigenvalue weighted by Crippen LogP contribution is 2.33. The summed E-state index contributed by atoms with van der Waals surface area (Å²) in [6.45, 7) is 5.61. The van der Waals surface area contributed by atoms with Crippen molar-refractivity contribution < 1.29 is 0 Å². The van der Waals surface area contributed by atoms with Crippen LogP contribution in [0.4, 0.5) is 0 Å². The van der Waals surface area contributed by atoms with Crippen LogP contribution in [0.2, 0.25) is 0 Å². The van der Waals surface area contributed by atoms with E-state index in [1.54, 1.807) is 11.3 Å². The number of hydrogen-bond acceptors (Lipinski definition) is 2. The first kappa shape index (κ1) is 16.8. The number of aryl methyl sites for hydroxylation is 2. The van der Waals surface area contributed by atoms with Crippen LogP contribution >= 0.6 is 0 Å². The molecule has 2 aromatic rings. The van der Waals surface area contributed by atoms with E-state index in [1.165, 1.54) is 55.8 Å². The van der Waals surface area contributed by atoms with E-state index in [9.17, 15) is 0 Å². The van der Waals surface area contributed by atoms with Crippen molar-refractivity contribution in [2.75, 3.05) is 13.1 Å². The predicted molar refractivity (Wildman–Crippen MR) is 106 cm³/mol. The molecule has 0 unspecified atom stereocenters. The molecule has 4 rings (SSSR count). The first-order valence-corrected chi connectivity index (χ1v) is 10.2. The molecule has 2 heterocycles. The SMILES string of the molecule is CCn1c2c(c3cc(C(=N)CCC4CCNCC4)ccc31)CCCC2. The summed E-state index contributed by atoms with van der Waals surface area (Å²) < 4.78 is 2.51. The van der Waals surface area contributed by atoms with Gasteiger partial charge in [0.1, 0.15) is 0 Å². The zero-order chi connectivity index (χ0) is 17.2. The van der Waals surface area contributed by atoms with E-state index in [2.05, 4.69) is 35.0 Å². The number of nitrogens with one attached hydrogen (secondary N) is 2. The predicted octanol–water partition coefficient (Wildman–Crippen LogP) is 4.69. The fourth-order valence-electron chi connectivity index (χ4n) is 4.85. The Morgan fingerprint density at radius 2 is 2.00 bits per heavy atom. The Kier molecular flexibility index (Phi) is 4.93. The summed E-state index contributed by atoms with van der Waals surface area (Å²) in [7, 11) is 0. The average molecular weight is 338 g/mol. The summed E-state index contributed by atoms with van der Waals surface area (Å²) in [5.41, 5.74) is 6.47. The molecule has 0 radical (unpaired) electrons. The molecule has 0 saturated carbocycles. The fraction of sp³-hybridized carbons (Fsp3) is 0.591. The quantitative estimate of drug-likeness (QED) is 0.764. The second kappa shape index (κ2) is 7.33. The Balaban J connectivity index is 1.57. The molecule has 1 aliphatic carbocycles. The van der Waals surface area contributed by atoms with Gasteiger partial charge in [-0.1, -0.05) is 6.07 Å². The molecule has 1 fully saturated rings. The Morgan fingerprint density at radius 3 is 2.80 bits per heavy atom. The Bertz CT molecular complexity index is 765. The largest absolute Gasteiger partial charge is 0.345 e. The van der Waals surface area contributed by atoms with Gasteiger partial charge in [-0.25, -0.2) is 0 Å². The molecular weight excluding hydrogens is 306 g/mol. The summed E-state index contributed by atoms with van der Waals surface area (Å²) in [6.07, 6.45) is 9.72. The number of nitrogens with zero attached hydrogens (tertiary/aromatic N) is 1. The smallest absolute Gasteiger partial charge is 0.0485 e. The molecule has 1 aromatic carbocycles. The highest BCUT2D eigenvalue weighted by atomic mass is 15.0. The second-order valence-corrected chi connectivity index (χ2v) is 7.82. The lowest BCUT2D eigenvalue weighted by Crippen LogP contribution is -2.27. The highest BCUT2D eigenvalue weighted by Gasteiger charge is 2.20. The maximum Gasteiger partial charge on any atom is 0.0485 e. The highest BCUT2D eigenvalue weighted by molar-refractivity contribution is 6.02. The van der Waals surface area contributed by atoms with Crippen LogP contribution in [-0.2, 0) is 19.4 Å². The zero-order valence-corrected chi connectivity index (χ0v) is 15.5. The number of aromatic nitrogens is 1. The van der Waals surface area contributed by atoms with Gasteiger partial charge in [0.05, 0.1) is 0 Å². The molecule has 3 heteroatoms. The van der Waals surface area contributed by atoms with Crippen LogP contribution in [0.3, 0.4) is 0 Å². The number of fused-ring (bicyclic) bond motifs is 3. The van der Waals surface area contributed by atoms with Crippen molar-refractivity contribution in [3.05, 3.63) is 35.0 Å². The van der Waals surface area contributed by atoms with E-state index in [-0.39, 0.29) is 0 Å².